The van der Waals surface area contributed by atoms with Gasteiger partial charge in [0.15, 0.2) is 0 Å². The molecule has 1 heterocycles. The second-order valence-electron chi connectivity index (χ2n) is 13.0. The predicted molar refractivity (Wildman–Crippen MR) is 164 cm³/mol. The summed E-state index contributed by atoms with van der Waals surface area (Å²) in [5.74, 6) is 2.42. The summed E-state index contributed by atoms with van der Waals surface area (Å²) in [5, 5.41) is 2.70. The van der Waals surface area contributed by atoms with E-state index in [0.717, 1.165) is 47.9 Å². The smallest absolute Gasteiger partial charge is 0.406 e. The SMILES string of the molecule is C=C(CCc1ccc(OC(F)(F)F)cc1)CCC1CCC(CC2=c3cc(-c4ccc(F)cc4)[nH]c3=C(C)C3CCC23)CC1. The van der Waals surface area contributed by atoms with Crippen LogP contribution in [0.2, 0.25) is 0 Å². The summed E-state index contributed by atoms with van der Waals surface area (Å²) in [7, 11) is 0. The minimum Gasteiger partial charge on any atom is -0.406 e. The van der Waals surface area contributed by atoms with E-state index in [4.69, 9.17) is 0 Å². The number of hydrogen-bond acceptors (Lipinski definition) is 1. The summed E-state index contributed by atoms with van der Waals surface area (Å²) in [4.78, 5) is 3.70. The highest BCUT2D eigenvalue weighted by atomic mass is 19.4. The second-order valence-corrected chi connectivity index (χ2v) is 13.0. The van der Waals surface area contributed by atoms with E-state index in [1.54, 1.807) is 17.7 Å². The highest BCUT2D eigenvalue weighted by molar-refractivity contribution is 5.67. The number of aryl methyl sites for hydroxylation is 1. The first-order chi connectivity index (χ1) is 20.6. The van der Waals surface area contributed by atoms with Crippen LogP contribution in [0.25, 0.3) is 22.4 Å². The summed E-state index contributed by atoms with van der Waals surface area (Å²) < 4.78 is 54.6. The number of aromatic amines is 1. The molecule has 3 aliphatic carbocycles. The lowest BCUT2D eigenvalue weighted by molar-refractivity contribution is -0.274. The molecule has 2 fully saturated rings. The van der Waals surface area contributed by atoms with Crippen LogP contribution >= 0.6 is 0 Å². The largest absolute Gasteiger partial charge is 0.573 e. The molecule has 2 unspecified atom stereocenters. The van der Waals surface area contributed by atoms with Crippen LogP contribution in [0, 0.1) is 29.5 Å². The molecule has 43 heavy (non-hydrogen) atoms. The molecule has 2 aromatic carbocycles. The molecule has 0 amide bonds. The van der Waals surface area contributed by atoms with Crippen molar-refractivity contribution in [2.24, 2.45) is 23.7 Å². The van der Waals surface area contributed by atoms with Crippen molar-refractivity contribution in [1.29, 1.82) is 0 Å². The van der Waals surface area contributed by atoms with E-state index in [1.165, 1.54) is 97.3 Å². The van der Waals surface area contributed by atoms with Crippen molar-refractivity contribution in [2.75, 3.05) is 0 Å². The molecule has 6 heteroatoms. The van der Waals surface area contributed by atoms with E-state index in [0.29, 0.717) is 11.8 Å². The van der Waals surface area contributed by atoms with Crippen molar-refractivity contribution in [2.45, 2.75) is 83.9 Å². The van der Waals surface area contributed by atoms with Crippen LogP contribution in [-0.4, -0.2) is 11.3 Å². The lowest BCUT2D eigenvalue weighted by Gasteiger charge is -2.42. The Kier molecular flexibility index (Phi) is 8.57. The van der Waals surface area contributed by atoms with E-state index in [1.807, 2.05) is 12.1 Å². The predicted octanol–water partition coefficient (Wildman–Crippen LogP) is 9.25. The molecule has 2 nitrogen and oxygen atoms in total. The zero-order valence-electron chi connectivity index (χ0n) is 24.9. The lowest BCUT2D eigenvalue weighted by Crippen LogP contribution is -2.43. The number of halogens is 4. The van der Waals surface area contributed by atoms with E-state index in [9.17, 15) is 17.6 Å². The summed E-state index contributed by atoms with van der Waals surface area (Å²) in [6.07, 6.45) is 7.99. The van der Waals surface area contributed by atoms with Crippen LogP contribution < -0.4 is 15.3 Å². The molecule has 1 N–H and O–H groups in total. The number of H-pyrrole nitrogens is 1. The van der Waals surface area contributed by atoms with Gasteiger partial charge < -0.3 is 9.72 Å². The molecule has 0 spiro atoms. The molecular weight excluding hydrogens is 550 g/mol. The number of fused-ring (bicyclic) bond motifs is 2. The molecule has 0 saturated heterocycles. The van der Waals surface area contributed by atoms with Crippen molar-refractivity contribution in [3.8, 4) is 17.0 Å². The first kappa shape index (κ1) is 29.8. The number of hydrogen-bond donors (Lipinski definition) is 1. The quantitative estimate of drug-likeness (QED) is 0.185. The number of allylic oxidation sites excluding steroid dienone is 1. The first-order valence-electron chi connectivity index (χ1n) is 15.8. The van der Waals surface area contributed by atoms with Gasteiger partial charge in [0.1, 0.15) is 11.6 Å². The zero-order valence-corrected chi connectivity index (χ0v) is 24.9. The summed E-state index contributed by atoms with van der Waals surface area (Å²) in [5.41, 5.74) is 7.46. The fraction of sp³-hybridized carbons (Fsp3) is 0.459. The van der Waals surface area contributed by atoms with Crippen LogP contribution in [-0.2, 0) is 6.42 Å². The lowest BCUT2D eigenvalue weighted by atomic mass is 9.62. The Hall–Kier alpha value is -3.28. The van der Waals surface area contributed by atoms with E-state index in [2.05, 4.69) is 29.3 Å². The van der Waals surface area contributed by atoms with Crippen molar-refractivity contribution in [1.82, 2.24) is 4.98 Å². The van der Waals surface area contributed by atoms with Gasteiger partial charge in [-0.1, -0.05) is 42.7 Å². The molecule has 0 radical (unpaired) electrons. The molecule has 3 aromatic rings. The number of ether oxygens (including phenoxy) is 1. The Morgan fingerprint density at radius 1 is 0.884 bits per heavy atom. The Morgan fingerprint density at radius 2 is 1.56 bits per heavy atom. The number of benzene rings is 2. The average Bonchev–Trinajstić information content (AvgIpc) is 3.40. The van der Waals surface area contributed by atoms with Crippen molar-refractivity contribution < 1.29 is 22.3 Å². The first-order valence-corrected chi connectivity index (χ1v) is 15.8. The van der Waals surface area contributed by atoms with Gasteiger partial charge in [-0.15, -0.1) is 13.2 Å². The van der Waals surface area contributed by atoms with Gasteiger partial charge in [0.25, 0.3) is 0 Å². The van der Waals surface area contributed by atoms with E-state index >= 15 is 0 Å². The number of rotatable bonds is 10. The Morgan fingerprint density at radius 3 is 2.21 bits per heavy atom. The Bertz CT molecular complexity index is 1560. The molecule has 1 aromatic heterocycles. The number of alkyl halides is 3. The van der Waals surface area contributed by atoms with Crippen molar-refractivity contribution in [3.63, 3.8) is 0 Å². The van der Waals surface area contributed by atoms with Gasteiger partial charge in [-0.2, -0.15) is 0 Å². The summed E-state index contributed by atoms with van der Waals surface area (Å²) >= 11 is 0. The van der Waals surface area contributed by atoms with Gasteiger partial charge in [-0.05, 0) is 153 Å². The second kappa shape index (κ2) is 12.4. The monoisotopic (exact) mass is 591 g/mol. The van der Waals surface area contributed by atoms with E-state index in [-0.39, 0.29) is 11.6 Å². The average molecular weight is 592 g/mol. The molecule has 3 aliphatic rings. The maximum Gasteiger partial charge on any atom is 0.573 e. The summed E-state index contributed by atoms with van der Waals surface area (Å²) in [6.45, 7) is 6.58. The normalized spacial score (nSPS) is 23.4. The molecule has 2 atom stereocenters. The third kappa shape index (κ3) is 6.94. The fourth-order valence-electron chi connectivity index (χ4n) is 7.63. The topological polar surface area (TPSA) is 25.0 Å². The zero-order chi connectivity index (χ0) is 30.1. The summed E-state index contributed by atoms with van der Waals surface area (Å²) in [6, 6.07) is 15.3. The van der Waals surface area contributed by atoms with Crippen LogP contribution in [0.3, 0.4) is 0 Å². The van der Waals surface area contributed by atoms with Gasteiger partial charge in [-0.25, -0.2) is 4.39 Å². The van der Waals surface area contributed by atoms with Crippen molar-refractivity contribution in [3.05, 3.63) is 88.7 Å². The van der Waals surface area contributed by atoms with Crippen LogP contribution in [0.4, 0.5) is 17.6 Å². The van der Waals surface area contributed by atoms with Gasteiger partial charge in [0, 0.05) is 11.0 Å². The standard InChI is InChI=1S/C37H41F4NO/c1-23(4-6-26-11-17-30(18-12-26)43-37(39,40)41)3-5-25-7-9-27(10-8-25)21-33-32-20-19-31(32)24(2)36-34(33)22-35(42-36)28-13-15-29(38)16-14-28/h11-18,22,25,27,31-32,42H,1,3-10,19-21H2,2H3. The van der Waals surface area contributed by atoms with Gasteiger partial charge in [0.05, 0.1) is 0 Å². The van der Waals surface area contributed by atoms with Gasteiger partial charge in [-0.3, -0.25) is 0 Å². The van der Waals surface area contributed by atoms with Crippen LogP contribution in [0.15, 0.2) is 66.7 Å². The molecular formula is C37H41F4NO. The molecule has 2 saturated carbocycles. The minimum absolute atomic E-state index is 0.184. The third-order valence-corrected chi connectivity index (χ3v) is 10.3. The molecule has 0 bridgehead atoms. The fourth-order valence-corrected chi connectivity index (χ4v) is 7.63. The van der Waals surface area contributed by atoms with Crippen molar-refractivity contribution >= 4 is 11.1 Å². The highest BCUT2D eigenvalue weighted by Crippen LogP contribution is 2.48. The van der Waals surface area contributed by atoms with Gasteiger partial charge >= 0.3 is 6.36 Å². The third-order valence-electron chi connectivity index (χ3n) is 10.3. The Balaban J connectivity index is 1.01. The highest BCUT2D eigenvalue weighted by Gasteiger charge is 2.39. The van der Waals surface area contributed by atoms with E-state index < -0.39 is 6.36 Å². The molecule has 228 valence electrons. The number of aromatic nitrogens is 1. The van der Waals surface area contributed by atoms with Crippen LogP contribution in [0.5, 0.6) is 5.75 Å². The minimum atomic E-state index is -4.66. The maximum atomic E-state index is 13.5. The van der Waals surface area contributed by atoms with Crippen LogP contribution in [0.1, 0.15) is 76.7 Å². The van der Waals surface area contributed by atoms with Gasteiger partial charge in [0.2, 0.25) is 0 Å². The molecule has 6 rings (SSSR count). The number of nitrogens with one attached hydrogen (secondary N) is 1. The molecule has 0 aliphatic heterocycles. The Labute approximate surface area is 251 Å². The maximum absolute atomic E-state index is 13.5.